The molecule has 0 fully saturated rings. The number of aliphatic hydroxyl groups is 1. The summed E-state index contributed by atoms with van der Waals surface area (Å²) < 4.78 is 11.3. The van der Waals surface area contributed by atoms with Gasteiger partial charge in [0.05, 0.1) is 18.3 Å². The number of nitrogens with one attached hydrogen (secondary N) is 1. The Kier molecular flexibility index (Phi) is 10.7. The molecule has 0 aliphatic rings. The van der Waals surface area contributed by atoms with Crippen LogP contribution in [0.5, 0.6) is 0 Å². The molecule has 0 saturated carbocycles. The highest BCUT2D eigenvalue weighted by atomic mass is 32.3. The fourth-order valence-corrected chi connectivity index (χ4v) is 6.56. The van der Waals surface area contributed by atoms with Gasteiger partial charge in [-0.25, -0.2) is 0 Å². The SMILES string of the molecule is CC(C)(C)S(OCC(O)CNC=O)(c1ccccc1)c1ccccc1.COC(C)(C)C. The standard InChI is InChI=1S/C20H27NO3S.C5H12O/c1-20(2,3)25(18-10-6-4-7-11-18,19-12-8-5-9-13-19)24-15-17(23)14-21-16-22;1-5(2,3)6-4/h4-13,16-17,23H,14-15H2,1-3H3,(H,21,22);1-4H3. The first-order chi connectivity index (χ1) is 14.5. The number of aliphatic hydroxyl groups excluding tert-OH is 1. The Labute approximate surface area is 189 Å². The van der Waals surface area contributed by atoms with E-state index < -0.39 is 16.4 Å². The van der Waals surface area contributed by atoms with E-state index in [1.807, 2.05) is 57.2 Å². The summed E-state index contributed by atoms with van der Waals surface area (Å²) >= 11 is 0. The van der Waals surface area contributed by atoms with Crippen LogP contribution in [0.15, 0.2) is 70.5 Å². The van der Waals surface area contributed by atoms with Gasteiger partial charge in [-0.2, -0.15) is 0 Å². The molecule has 0 spiro atoms. The second kappa shape index (κ2) is 12.2. The first-order valence-electron chi connectivity index (χ1n) is 10.5. The van der Waals surface area contributed by atoms with Crippen LogP contribution in [-0.2, 0) is 13.7 Å². The topological polar surface area (TPSA) is 67.8 Å². The van der Waals surface area contributed by atoms with E-state index in [0.29, 0.717) is 6.41 Å². The molecule has 31 heavy (non-hydrogen) atoms. The van der Waals surface area contributed by atoms with Crippen LogP contribution in [-0.4, -0.2) is 48.2 Å². The summed E-state index contributed by atoms with van der Waals surface area (Å²) in [4.78, 5) is 12.7. The fraction of sp³-hybridized carbons (Fsp3) is 0.480. The van der Waals surface area contributed by atoms with Crippen LogP contribution >= 0.6 is 10.3 Å². The van der Waals surface area contributed by atoms with Gasteiger partial charge in [0.1, 0.15) is 0 Å². The average molecular weight is 450 g/mol. The molecule has 1 amide bonds. The van der Waals surface area contributed by atoms with Crippen molar-refractivity contribution in [2.45, 2.75) is 67.8 Å². The van der Waals surface area contributed by atoms with Crippen LogP contribution in [0.2, 0.25) is 0 Å². The third kappa shape index (κ3) is 8.30. The molecule has 0 aromatic heterocycles. The fourth-order valence-electron chi connectivity index (χ4n) is 2.80. The Morgan fingerprint density at radius 1 is 0.935 bits per heavy atom. The number of carbonyl (C=O) groups is 1. The zero-order valence-corrected chi connectivity index (χ0v) is 20.7. The lowest BCUT2D eigenvalue weighted by Crippen LogP contribution is -2.34. The van der Waals surface area contributed by atoms with Gasteiger partial charge in [0.15, 0.2) is 0 Å². The molecular weight excluding hydrogens is 410 g/mol. The zero-order chi connectivity index (χ0) is 23.5. The molecule has 0 aliphatic carbocycles. The van der Waals surface area contributed by atoms with Gasteiger partial charge in [0, 0.05) is 28.2 Å². The molecule has 174 valence electrons. The lowest BCUT2D eigenvalue weighted by molar-refractivity contribution is -0.110. The minimum atomic E-state index is -1.87. The van der Waals surface area contributed by atoms with E-state index in [0.717, 1.165) is 9.79 Å². The highest BCUT2D eigenvalue weighted by molar-refractivity contribution is 8.31. The number of ether oxygens (including phenoxy) is 1. The largest absolute Gasteiger partial charge is 0.389 e. The summed E-state index contributed by atoms with van der Waals surface area (Å²) in [6.45, 7) is 12.9. The Morgan fingerprint density at radius 3 is 1.68 bits per heavy atom. The van der Waals surface area contributed by atoms with Crippen LogP contribution in [0.3, 0.4) is 0 Å². The minimum Gasteiger partial charge on any atom is -0.389 e. The molecule has 0 saturated heterocycles. The van der Waals surface area contributed by atoms with Crippen molar-refractivity contribution in [3.05, 3.63) is 60.7 Å². The molecule has 2 aromatic carbocycles. The number of amides is 1. The zero-order valence-electron chi connectivity index (χ0n) is 19.9. The number of hydrogen-bond acceptors (Lipinski definition) is 4. The average Bonchev–Trinajstić information content (AvgIpc) is 2.73. The van der Waals surface area contributed by atoms with Gasteiger partial charge in [-0.1, -0.05) is 46.7 Å². The Balaban J connectivity index is 0.000000703. The molecule has 2 rings (SSSR count). The van der Waals surface area contributed by atoms with Crippen molar-refractivity contribution in [1.82, 2.24) is 5.32 Å². The maximum absolute atomic E-state index is 10.5. The quantitative estimate of drug-likeness (QED) is 0.545. The molecule has 6 heteroatoms. The molecule has 2 aromatic rings. The summed E-state index contributed by atoms with van der Waals surface area (Å²) in [5.41, 5.74) is 0.0417. The Morgan fingerprint density at radius 2 is 1.35 bits per heavy atom. The molecule has 0 aliphatic heterocycles. The molecule has 2 N–H and O–H groups in total. The van der Waals surface area contributed by atoms with Crippen molar-refractivity contribution in [2.24, 2.45) is 0 Å². The van der Waals surface area contributed by atoms with E-state index in [2.05, 4.69) is 50.4 Å². The van der Waals surface area contributed by atoms with E-state index in [9.17, 15) is 9.90 Å². The maximum atomic E-state index is 10.5. The highest BCUT2D eigenvalue weighted by Crippen LogP contribution is 2.71. The highest BCUT2D eigenvalue weighted by Gasteiger charge is 2.41. The van der Waals surface area contributed by atoms with Crippen molar-refractivity contribution in [3.8, 4) is 0 Å². The summed E-state index contributed by atoms with van der Waals surface area (Å²) in [7, 11) is -0.158. The normalized spacial score (nSPS) is 13.5. The molecule has 0 bridgehead atoms. The smallest absolute Gasteiger partial charge is 0.207 e. The summed E-state index contributed by atoms with van der Waals surface area (Å²) in [5, 5.41) is 12.7. The predicted octanol–water partition coefficient (Wildman–Crippen LogP) is 5.18. The van der Waals surface area contributed by atoms with E-state index in [1.54, 1.807) is 7.11 Å². The molecule has 1 atom stereocenters. The number of carbonyl (C=O) groups excluding carboxylic acids is 1. The van der Waals surface area contributed by atoms with Gasteiger partial charge >= 0.3 is 0 Å². The van der Waals surface area contributed by atoms with Crippen molar-refractivity contribution in [3.63, 3.8) is 0 Å². The third-order valence-corrected chi connectivity index (χ3v) is 8.59. The summed E-state index contributed by atoms with van der Waals surface area (Å²) in [6.07, 6.45) is -0.173. The van der Waals surface area contributed by atoms with E-state index >= 15 is 0 Å². The van der Waals surface area contributed by atoms with E-state index in [1.165, 1.54) is 0 Å². The summed E-state index contributed by atoms with van der Waals surface area (Å²) in [6, 6.07) is 20.4. The third-order valence-electron chi connectivity index (χ3n) is 4.50. The van der Waals surface area contributed by atoms with Gasteiger partial charge in [0.2, 0.25) is 6.41 Å². The Bertz CT molecular complexity index is 715. The van der Waals surface area contributed by atoms with Crippen LogP contribution in [0.4, 0.5) is 0 Å². The Hall–Kier alpha value is -1.86. The van der Waals surface area contributed by atoms with Crippen molar-refractivity contribution >= 4 is 16.7 Å². The van der Waals surface area contributed by atoms with Gasteiger partial charge in [0.25, 0.3) is 0 Å². The first kappa shape index (κ1) is 27.2. The number of rotatable bonds is 8. The minimum absolute atomic E-state index is 0.0417. The van der Waals surface area contributed by atoms with Crippen LogP contribution in [0, 0.1) is 0 Å². The van der Waals surface area contributed by atoms with Crippen LogP contribution < -0.4 is 5.32 Å². The number of methoxy groups -OCH3 is 1. The van der Waals surface area contributed by atoms with Gasteiger partial charge < -0.3 is 19.3 Å². The van der Waals surface area contributed by atoms with E-state index in [4.69, 9.17) is 8.92 Å². The second-order valence-corrected chi connectivity index (χ2v) is 12.6. The first-order valence-corrected chi connectivity index (χ1v) is 12.0. The summed E-state index contributed by atoms with van der Waals surface area (Å²) in [5.74, 6) is 0. The van der Waals surface area contributed by atoms with E-state index in [-0.39, 0.29) is 23.5 Å². The molecule has 0 radical (unpaired) electrons. The van der Waals surface area contributed by atoms with Crippen molar-refractivity contribution < 1.29 is 18.8 Å². The predicted molar refractivity (Wildman–Crippen MR) is 130 cm³/mol. The molecule has 1 unspecified atom stereocenters. The van der Waals surface area contributed by atoms with Crippen molar-refractivity contribution in [1.29, 1.82) is 0 Å². The van der Waals surface area contributed by atoms with Crippen molar-refractivity contribution in [2.75, 3.05) is 20.3 Å². The van der Waals surface area contributed by atoms with Gasteiger partial charge in [-0.3, -0.25) is 4.79 Å². The molecular formula is C25H39NO4S. The molecule has 0 heterocycles. The lowest BCUT2D eigenvalue weighted by atomic mass is 10.2. The second-order valence-electron chi connectivity index (χ2n) is 9.08. The van der Waals surface area contributed by atoms with Crippen LogP contribution in [0.25, 0.3) is 0 Å². The van der Waals surface area contributed by atoms with Gasteiger partial charge in [-0.15, -0.1) is 0 Å². The van der Waals surface area contributed by atoms with Gasteiger partial charge in [-0.05, 0) is 65.8 Å². The monoisotopic (exact) mass is 449 g/mol. The lowest BCUT2D eigenvalue weighted by Gasteiger charge is -2.50. The van der Waals surface area contributed by atoms with Crippen LogP contribution in [0.1, 0.15) is 41.5 Å². The number of hydrogen-bond donors (Lipinski definition) is 2. The maximum Gasteiger partial charge on any atom is 0.207 e. The number of benzene rings is 2. The molecule has 5 nitrogen and oxygen atoms in total.